The van der Waals surface area contributed by atoms with Gasteiger partial charge in [-0.05, 0) is 31.4 Å². The van der Waals surface area contributed by atoms with Gasteiger partial charge in [0.25, 0.3) is 0 Å². The summed E-state index contributed by atoms with van der Waals surface area (Å²) in [6.07, 6.45) is 5.83. The van der Waals surface area contributed by atoms with Crippen molar-refractivity contribution in [2.75, 3.05) is 37.6 Å². The molecule has 0 spiro atoms. The van der Waals surface area contributed by atoms with Crippen molar-refractivity contribution < 1.29 is 9.59 Å². The fourth-order valence-corrected chi connectivity index (χ4v) is 3.79. The quantitative estimate of drug-likeness (QED) is 0.738. The van der Waals surface area contributed by atoms with Crippen molar-refractivity contribution in [3.05, 3.63) is 24.4 Å². The van der Waals surface area contributed by atoms with Gasteiger partial charge in [0.1, 0.15) is 5.82 Å². The molecule has 158 valence electrons. The Balaban J connectivity index is 0.00000196. The summed E-state index contributed by atoms with van der Waals surface area (Å²) in [6, 6.07) is 6.00. The Morgan fingerprint density at radius 3 is 2.54 bits per heavy atom. The molecule has 1 aromatic heterocycles. The molecule has 3 rings (SSSR count). The first-order chi connectivity index (χ1) is 12.6. The van der Waals surface area contributed by atoms with Crippen molar-refractivity contribution in [2.24, 2.45) is 11.7 Å². The van der Waals surface area contributed by atoms with E-state index in [1.807, 2.05) is 23.1 Å². The van der Waals surface area contributed by atoms with Crippen molar-refractivity contribution in [1.29, 1.82) is 0 Å². The first-order valence-electron chi connectivity index (χ1n) is 9.60. The van der Waals surface area contributed by atoms with E-state index in [9.17, 15) is 9.59 Å². The van der Waals surface area contributed by atoms with Crippen LogP contribution < -0.4 is 16.0 Å². The predicted octanol–water partition coefficient (Wildman–Crippen LogP) is 1.60. The van der Waals surface area contributed by atoms with Gasteiger partial charge in [0.15, 0.2) is 0 Å². The average Bonchev–Trinajstić information content (AvgIpc) is 2.68. The number of carbonyl (C=O) groups is 2. The zero-order valence-electron chi connectivity index (χ0n) is 16.1. The number of nitrogens with one attached hydrogen (secondary N) is 1. The molecule has 2 unspecified atom stereocenters. The van der Waals surface area contributed by atoms with Gasteiger partial charge in [-0.25, -0.2) is 4.98 Å². The fraction of sp³-hybridized carbons (Fsp3) is 0.632. The number of amides is 2. The standard InChI is InChI=1S/C19H29N5O2.2ClH/c20-16-5-3-4-15(14-16)19(26)22-9-7-18(25)24-12-10-23(11-13-24)17-6-1-2-8-21-17;;/h1-2,6,8,15-16H,3-5,7,9-14,20H2,(H,22,26);2*1H. The summed E-state index contributed by atoms with van der Waals surface area (Å²) >= 11 is 0. The molecule has 28 heavy (non-hydrogen) atoms. The van der Waals surface area contributed by atoms with Gasteiger partial charge in [-0.1, -0.05) is 12.5 Å². The van der Waals surface area contributed by atoms with Crippen LogP contribution in [0.25, 0.3) is 0 Å². The van der Waals surface area contributed by atoms with Crippen LogP contribution in [0.15, 0.2) is 24.4 Å². The van der Waals surface area contributed by atoms with Gasteiger partial charge in [0.05, 0.1) is 0 Å². The number of nitrogens with zero attached hydrogens (tertiary/aromatic N) is 3. The Morgan fingerprint density at radius 2 is 1.89 bits per heavy atom. The van der Waals surface area contributed by atoms with Gasteiger partial charge in [0.2, 0.25) is 11.8 Å². The molecule has 2 amide bonds. The van der Waals surface area contributed by atoms with Crippen LogP contribution in [-0.4, -0.2) is 60.5 Å². The first-order valence-corrected chi connectivity index (χ1v) is 9.60. The predicted molar refractivity (Wildman–Crippen MR) is 115 cm³/mol. The number of piperazine rings is 1. The van der Waals surface area contributed by atoms with Crippen LogP contribution in [0.1, 0.15) is 32.1 Å². The zero-order valence-corrected chi connectivity index (χ0v) is 17.7. The maximum atomic E-state index is 12.4. The Bertz CT molecular complexity index is 612. The van der Waals surface area contributed by atoms with E-state index in [0.717, 1.165) is 44.6 Å². The Kier molecular flexibility index (Phi) is 10.6. The topological polar surface area (TPSA) is 91.6 Å². The summed E-state index contributed by atoms with van der Waals surface area (Å²) in [6.45, 7) is 3.37. The van der Waals surface area contributed by atoms with Gasteiger partial charge >= 0.3 is 0 Å². The molecule has 2 aliphatic rings. The number of nitrogens with two attached hydrogens (primary N) is 1. The minimum absolute atomic E-state index is 0. The lowest BCUT2D eigenvalue weighted by molar-refractivity contribution is -0.131. The lowest BCUT2D eigenvalue weighted by atomic mass is 9.85. The number of rotatable bonds is 5. The van der Waals surface area contributed by atoms with Crippen LogP contribution in [-0.2, 0) is 9.59 Å². The van der Waals surface area contributed by atoms with Crippen molar-refractivity contribution in [3.63, 3.8) is 0 Å². The molecule has 0 aromatic carbocycles. The minimum Gasteiger partial charge on any atom is -0.355 e. The van der Waals surface area contributed by atoms with E-state index in [1.54, 1.807) is 6.20 Å². The summed E-state index contributed by atoms with van der Waals surface area (Å²) in [5, 5.41) is 2.92. The molecule has 1 aromatic rings. The second-order valence-electron chi connectivity index (χ2n) is 7.22. The number of carbonyl (C=O) groups excluding carboxylic acids is 2. The van der Waals surface area contributed by atoms with Crippen molar-refractivity contribution in [3.8, 4) is 0 Å². The third kappa shape index (κ3) is 6.79. The van der Waals surface area contributed by atoms with Crippen LogP contribution in [0.4, 0.5) is 5.82 Å². The normalized spacial score (nSPS) is 21.9. The van der Waals surface area contributed by atoms with Gasteiger partial charge in [-0.15, -0.1) is 24.8 Å². The van der Waals surface area contributed by atoms with Crippen LogP contribution in [0, 0.1) is 5.92 Å². The van der Waals surface area contributed by atoms with Gasteiger partial charge < -0.3 is 20.9 Å². The van der Waals surface area contributed by atoms with E-state index in [1.165, 1.54) is 0 Å². The monoisotopic (exact) mass is 431 g/mol. The highest BCUT2D eigenvalue weighted by atomic mass is 35.5. The van der Waals surface area contributed by atoms with Crippen molar-refractivity contribution in [1.82, 2.24) is 15.2 Å². The smallest absolute Gasteiger partial charge is 0.224 e. The third-order valence-electron chi connectivity index (χ3n) is 5.33. The maximum Gasteiger partial charge on any atom is 0.224 e. The van der Waals surface area contributed by atoms with Crippen LogP contribution >= 0.6 is 24.8 Å². The summed E-state index contributed by atoms with van der Waals surface area (Å²) in [5.74, 6) is 1.12. The molecule has 2 fully saturated rings. The number of hydrogen-bond acceptors (Lipinski definition) is 5. The molecule has 1 saturated heterocycles. The van der Waals surface area contributed by atoms with Gasteiger partial charge in [-0.3, -0.25) is 9.59 Å². The Hall–Kier alpha value is -1.57. The maximum absolute atomic E-state index is 12.4. The van der Waals surface area contributed by atoms with Crippen LogP contribution in [0.5, 0.6) is 0 Å². The Morgan fingerprint density at radius 1 is 1.14 bits per heavy atom. The molecule has 0 radical (unpaired) electrons. The number of pyridine rings is 1. The molecule has 3 N–H and O–H groups in total. The summed E-state index contributed by atoms with van der Waals surface area (Å²) in [4.78, 5) is 33.0. The van der Waals surface area contributed by atoms with Crippen LogP contribution in [0.3, 0.4) is 0 Å². The molecule has 1 aliphatic carbocycles. The van der Waals surface area contributed by atoms with E-state index >= 15 is 0 Å². The third-order valence-corrected chi connectivity index (χ3v) is 5.33. The lowest BCUT2D eigenvalue weighted by Crippen LogP contribution is -2.49. The molecule has 2 atom stereocenters. The number of halogens is 2. The fourth-order valence-electron chi connectivity index (χ4n) is 3.79. The molecule has 1 aliphatic heterocycles. The van der Waals surface area contributed by atoms with E-state index in [4.69, 9.17) is 5.73 Å². The van der Waals surface area contributed by atoms with Gasteiger partial charge in [-0.2, -0.15) is 0 Å². The number of anilines is 1. The average molecular weight is 432 g/mol. The van der Waals surface area contributed by atoms with Gasteiger partial charge in [0, 0.05) is 57.3 Å². The highest BCUT2D eigenvalue weighted by molar-refractivity contribution is 5.85. The molecule has 1 saturated carbocycles. The van der Waals surface area contributed by atoms with E-state index < -0.39 is 0 Å². The second-order valence-corrected chi connectivity index (χ2v) is 7.22. The van der Waals surface area contributed by atoms with Crippen LogP contribution in [0.2, 0.25) is 0 Å². The van der Waals surface area contributed by atoms with Crippen molar-refractivity contribution in [2.45, 2.75) is 38.1 Å². The molecule has 9 heteroatoms. The molecule has 7 nitrogen and oxygen atoms in total. The zero-order chi connectivity index (χ0) is 18.4. The lowest BCUT2D eigenvalue weighted by Gasteiger charge is -2.35. The summed E-state index contributed by atoms with van der Waals surface area (Å²) < 4.78 is 0. The SMILES string of the molecule is Cl.Cl.NC1CCCC(C(=O)NCCC(=O)N2CCN(c3ccccn3)CC2)C1. The molecular weight excluding hydrogens is 401 g/mol. The molecule has 2 heterocycles. The number of hydrogen-bond donors (Lipinski definition) is 2. The second kappa shape index (κ2) is 12.1. The Labute approximate surface area is 179 Å². The van der Waals surface area contributed by atoms with Crippen molar-refractivity contribution >= 4 is 42.4 Å². The highest BCUT2D eigenvalue weighted by Crippen LogP contribution is 2.23. The summed E-state index contributed by atoms with van der Waals surface area (Å²) in [5.41, 5.74) is 5.94. The molecular formula is C19H31Cl2N5O2. The number of aromatic nitrogens is 1. The first kappa shape index (κ1) is 24.5. The summed E-state index contributed by atoms with van der Waals surface area (Å²) in [7, 11) is 0. The minimum atomic E-state index is 0. The highest BCUT2D eigenvalue weighted by Gasteiger charge is 2.26. The largest absolute Gasteiger partial charge is 0.355 e. The van der Waals surface area contributed by atoms with E-state index in [0.29, 0.717) is 26.1 Å². The van der Waals surface area contributed by atoms with E-state index in [2.05, 4.69) is 15.2 Å². The van der Waals surface area contributed by atoms with E-state index in [-0.39, 0.29) is 48.6 Å². The molecule has 0 bridgehead atoms.